The molecule has 0 aliphatic carbocycles. The summed E-state index contributed by atoms with van der Waals surface area (Å²) < 4.78 is 0. The van der Waals surface area contributed by atoms with Gasteiger partial charge in [-0.3, -0.25) is 19.8 Å². The van der Waals surface area contributed by atoms with Crippen molar-refractivity contribution in [2.45, 2.75) is 32.2 Å². The molecule has 0 radical (unpaired) electrons. The van der Waals surface area contributed by atoms with Crippen molar-refractivity contribution < 1.29 is 9.72 Å². The number of rotatable bonds is 8. The fourth-order valence-corrected chi connectivity index (χ4v) is 5.71. The minimum absolute atomic E-state index is 0.0674. The van der Waals surface area contributed by atoms with Gasteiger partial charge in [0.25, 0.3) is 11.6 Å². The molecule has 9 heteroatoms. The van der Waals surface area contributed by atoms with Crippen LogP contribution in [-0.4, -0.2) is 38.8 Å². The van der Waals surface area contributed by atoms with Gasteiger partial charge >= 0.3 is 0 Å². The molecule has 1 atom stereocenters. The minimum Gasteiger partial charge on any atom is -0.354 e. The highest BCUT2D eigenvalue weighted by Crippen LogP contribution is 2.40. The number of carbonyl (C=O) groups excluding carboxylic acids is 1. The van der Waals surface area contributed by atoms with E-state index in [2.05, 4.69) is 44.6 Å². The second-order valence-corrected chi connectivity index (χ2v) is 10.1. The number of amides is 1. The summed E-state index contributed by atoms with van der Waals surface area (Å²) in [7, 11) is 0. The highest BCUT2D eigenvalue weighted by Gasteiger charge is 2.30. The maximum atomic E-state index is 13.3. The van der Waals surface area contributed by atoms with E-state index in [0.29, 0.717) is 28.6 Å². The summed E-state index contributed by atoms with van der Waals surface area (Å²) in [6.07, 6.45) is 6.95. The number of non-ortho nitro benzene ring substituents is 1. The van der Waals surface area contributed by atoms with Crippen LogP contribution in [-0.2, 0) is 4.79 Å². The first-order chi connectivity index (χ1) is 19.5. The molecule has 3 heterocycles. The Hall–Kier alpha value is -4.76. The lowest BCUT2D eigenvalue weighted by Gasteiger charge is -2.27. The van der Waals surface area contributed by atoms with Crippen molar-refractivity contribution in [1.82, 2.24) is 14.9 Å². The normalized spacial score (nSPS) is 16.9. The fraction of sp³-hybridized carbons (Fsp3) is 0.226. The fourth-order valence-electron chi connectivity index (χ4n) is 5.71. The van der Waals surface area contributed by atoms with E-state index in [-0.39, 0.29) is 11.6 Å². The third-order valence-electron chi connectivity index (χ3n) is 7.71. The molecule has 1 aromatic heterocycles. The van der Waals surface area contributed by atoms with Gasteiger partial charge in [-0.25, -0.2) is 4.98 Å². The number of nitrogens with zero attached hydrogens (tertiary/aromatic N) is 3. The highest BCUT2D eigenvalue weighted by molar-refractivity contribution is 6.37. The van der Waals surface area contributed by atoms with Gasteiger partial charge in [-0.1, -0.05) is 43.3 Å². The SMILES string of the molecule is CCC(c1ccc(C(Nc2ccc(-c3c[nH]cn3)cc2)=C2C(=O)Nc3ccc([N+](=O)[O-])cc32)cc1)N1CCCC1. The van der Waals surface area contributed by atoms with E-state index in [9.17, 15) is 14.9 Å². The van der Waals surface area contributed by atoms with Crippen LogP contribution < -0.4 is 10.6 Å². The number of likely N-dealkylation sites (tertiary alicyclic amines) is 1. The lowest BCUT2D eigenvalue weighted by molar-refractivity contribution is -0.384. The molecule has 3 N–H and O–H groups in total. The Bertz CT molecular complexity index is 1570. The standard InChI is InChI=1S/C31H30N6O3/c1-2-28(36-15-3-4-16-36)21-5-7-22(8-6-21)30(34-23-11-9-20(10-12-23)27-18-32-19-33-27)29-25-17-24(37(39)40)13-14-26(25)35-31(29)38/h5-14,17-19,28,34H,2-4,15-16H2,1H3,(H,32,33)(H,35,38). The molecule has 1 unspecified atom stereocenters. The number of aromatic amines is 1. The van der Waals surface area contributed by atoms with Crippen LogP contribution in [0.3, 0.4) is 0 Å². The number of aromatic nitrogens is 2. The molecule has 40 heavy (non-hydrogen) atoms. The van der Waals surface area contributed by atoms with Crippen molar-refractivity contribution in [3.63, 3.8) is 0 Å². The Morgan fingerprint density at radius 1 is 1.07 bits per heavy atom. The Kier molecular flexibility index (Phi) is 6.88. The van der Waals surface area contributed by atoms with Gasteiger partial charge in [-0.05, 0) is 61.7 Å². The largest absolute Gasteiger partial charge is 0.354 e. The number of carbonyl (C=O) groups is 1. The van der Waals surface area contributed by atoms with Crippen molar-refractivity contribution in [2.75, 3.05) is 23.7 Å². The molecule has 6 rings (SSSR count). The van der Waals surface area contributed by atoms with Crippen LogP contribution in [0.5, 0.6) is 0 Å². The van der Waals surface area contributed by atoms with Gasteiger partial charge < -0.3 is 15.6 Å². The highest BCUT2D eigenvalue weighted by atomic mass is 16.6. The minimum atomic E-state index is -0.445. The first-order valence-electron chi connectivity index (χ1n) is 13.6. The van der Waals surface area contributed by atoms with E-state index in [4.69, 9.17) is 0 Å². The summed E-state index contributed by atoms with van der Waals surface area (Å²) in [5, 5.41) is 17.9. The molecule has 1 fully saturated rings. The van der Waals surface area contributed by atoms with Crippen molar-refractivity contribution >= 4 is 34.2 Å². The number of nitro groups is 1. The summed E-state index contributed by atoms with van der Waals surface area (Å²) in [4.78, 5) is 34.2. The average Bonchev–Trinajstić information content (AvgIpc) is 3.75. The number of imidazole rings is 1. The summed E-state index contributed by atoms with van der Waals surface area (Å²) in [5.74, 6) is -0.307. The lowest BCUT2D eigenvalue weighted by atomic mass is 9.96. The number of anilines is 2. The van der Waals surface area contributed by atoms with Gasteiger partial charge in [0.05, 0.1) is 28.2 Å². The molecule has 0 saturated carbocycles. The number of nitro benzene ring substituents is 1. The van der Waals surface area contributed by atoms with Gasteiger partial charge in [0.2, 0.25) is 0 Å². The third kappa shape index (κ3) is 4.87. The zero-order chi connectivity index (χ0) is 27.6. The van der Waals surface area contributed by atoms with E-state index in [1.807, 2.05) is 42.6 Å². The Labute approximate surface area is 232 Å². The molecule has 9 nitrogen and oxygen atoms in total. The molecule has 2 aliphatic rings. The van der Waals surface area contributed by atoms with Crippen LogP contribution in [0.2, 0.25) is 0 Å². The van der Waals surface area contributed by atoms with E-state index >= 15 is 0 Å². The summed E-state index contributed by atoms with van der Waals surface area (Å²) in [5.41, 5.74) is 6.58. The van der Waals surface area contributed by atoms with Crippen LogP contribution >= 0.6 is 0 Å². The van der Waals surface area contributed by atoms with E-state index in [1.54, 1.807) is 12.4 Å². The number of fused-ring (bicyclic) bond motifs is 1. The summed E-state index contributed by atoms with van der Waals surface area (Å²) in [6, 6.07) is 20.9. The number of benzene rings is 3. The summed E-state index contributed by atoms with van der Waals surface area (Å²) >= 11 is 0. The third-order valence-corrected chi connectivity index (χ3v) is 7.71. The second-order valence-electron chi connectivity index (χ2n) is 10.1. The average molecular weight is 535 g/mol. The first-order valence-corrected chi connectivity index (χ1v) is 13.6. The van der Waals surface area contributed by atoms with Gasteiger partial charge in [0.1, 0.15) is 0 Å². The molecule has 0 spiro atoms. The van der Waals surface area contributed by atoms with Crippen LogP contribution in [0.1, 0.15) is 48.9 Å². The van der Waals surface area contributed by atoms with Crippen molar-refractivity contribution in [1.29, 1.82) is 0 Å². The molecular formula is C31H30N6O3. The Morgan fingerprint density at radius 3 is 2.48 bits per heavy atom. The van der Waals surface area contributed by atoms with Gasteiger partial charge in [-0.2, -0.15) is 0 Å². The number of nitrogens with one attached hydrogen (secondary N) is 3. The van der Waals surface area contributed by atoms with Crippen LogP contribution in [0, 0.1) is 10.1 Å². The number of hydrogen-bond donors (Lipinski definition) is 3. The number of hydrogen-bond acceptors (Lipinski definition) is 6. The molecule has 0 bridgehead atoms. The van der Waals surface area contributed by atoms with Crippen molar-refractivity contribution in [3.8, 4) is 11.3 Å². The Morgan fingerprint density at radius 2 is 1.82 bits per heavy atom. The predicted molar refractivity (Wildman–Crippen MR) is 156 cm³/mol. The van der Waals surface area contributed by atoms with E-state index in [1.165, 1.54) is 30.5 Å². The van der Waals surface area contributed by atoms with Crippen LogP contribution in [0.15, 0.2) is 79.3 Å². The molecule has 1 amide bonds. The molecular weight excluding hydrogens is 504 g/mol. The number of H-pyrrole nitrogens is 1. The lowest BCUT2D eigenvalue weighted by Crippen LogP contribution is -2.25. The van der Waals surface area contributed by atoms with Crippen molar-refractivity contribution in [2.24, 2.45) is 0 Å². The molecule has 1 saturated heterocycles. The second kappa shape index (κ2) is 10.8. The zero-order valence-electron chi connectivity index (χ0n) is 22.2. The van der Waals surface area contributed by atoms with E-state index < -0.39 is 4.92 Å². The Balaban J connectivity index is 1.42. The topological polar surface area (TPSA) is 116 Å². The van der Waals surface area contributed by atoms with Crippen molar-refractivity contribution in [3.05, 3.63) is 106 Å². The smallest absolute Gasteiger partial charge is 0.270 e. The van der Waals surface area contributed by atoms with Crippen LogP contribution in [0.25, 0.3) is 22.5 Å². The molecule has 4 aromatic rings. The van der Waals surface area contributed by atoms with Crippen LogP contribution in [0.4, 0.5) is 17.1 Å². The molecule has 202 valence electrons. The maximum Gasteiger partial charge on any atom is 0.270 e. The van der Waals surface area contributed by atoms with E-state index in [0.717, 1.165) is 42.0 Å². The maximum absolute atomic E-state index is 13.3. The van der Waals surface area contributed by atoms with Gasteiger partial charge in [0, 0.05) is 46.9 Å². The molecule has 2 aliphatic heterocycles. The predicted octanol–water partition coefficient (Wildman–Crippen LogP) is 6.46. The summed E-state index contributed by atoms with van der Waals surface area (Å²) in [6.45, 7) is 4.44. The van der Waals surface area contributed by atoms with Gasteiger partial charge in [-0.15, -0.1) is 0 Å². The molecule has 3 aromatic carbocycles. The monoisotopic (exact) mass is 534 g/mol. The van der Waals surface area contributed by atoms with Gasteiger partial charge in [0.15, 0.2) is 0 Å². The quantitative estimate of drug-likeness (QED) is 0.136. The zero-order valence-corrected chi connectivity index (χ0v) is 22.2. The first kappa shape index (κ1) is 25.5.